The molecular weight excluding hydrogens is 153 g/mol. The fraction of sp³-hybridized carbons (Fsp3) is 0.400. The highest BCUT2D eigenvalue weighted by Crippen LogP contribution is 2.23. The number of hydrogen-bond donors (Lipinski definition) is 1. The quantitative estimate of drug-likeness (QED) is 0.669. The summed E-state index contributed by atoms with van der Waals surface area (Å²) in [4.78, 5) is 0. The van der Waals surface area contributed by atoms with Gasteiger partial charge in [-0.25, -0.2) is 4.39 Å². The smallest absolute Gasteiger partial charge is 0.127 e. The van der Waals surface area contributed by atoms with Crippen molar-refractivity contribution in [3.8, 4) is 0 Å². The van der Waals surface area contributed by atoms with E-state index in [0.717, 1.165) is 24.2 Å². The van der Waals surface area contributed by atoms with Crippen molar-refractivity contribution < 1.29 is 4.39 Å². The van der Waals surface area contributed by atoms with Gasteiger partial charge in [-0.1, -0.05) is 12.1 Å². The van der Waals surface area contributed by atoms with E-state index in [0.29, 0.717) is 5.92 Å². The predicted octanol–water partition coefficient (Wildman–Crippen LogP) is 1.82. The minimum Gasteiger partial charge on any atom is -0.315 e. The largest absolute Gasteiger partial charge is 0.315 e. The Kier molecular flexibility index (Phi) is 1.85. The van der Waals surface area contributed by atoms with E-state index in [1.165, 1.54) is 0 Å². The summed E-state index contributed by atoms with van der Waals surface area (Å²) in [7, 11) is 0. The molecule has 1 aromatic carbocycles. The Morgan fingerprint density at radius 3 is 2.67 bits per heavy atom. The van der Waals surface area contributed by atoms with Gasteiger partial charge in [-0.15, -0.1) is 0 Å². The fourth-order valence-electron chi connectivity index (χ4n) is 1.47. The van der Waals surface area contributed by atoms with E-state index >= 15 is 0 Å². The molecule has 0 saturated carbocycles. The zero-order valence-electron chi connectivity index (χ0n) is 7.10. The molecule has 1 aromatic rings. The van der Waals surface area contributed by atoms with Crippen molar-refractivity contribution in [1.82, 2.24) is 5.32 Å². The zero-order chi connectivity index (χ0) is 8.55. The molecule has 0 bridgehead atoms. The molecule has 0 aliphatic carbocycles. The molecular formula is C10H12FN. The predicted molar refractivity (Wildman–Crippen MR) is 46.7 cm³/mol. The third-order valence-corrected chi connectivity index (χ3v) is 2.38. The third-order valence-electron chi connectivity index (χ3n) is 2.38. The molecule has 2 rings (SSSR count). The fourth-order valence-corrected chi connectivity index (χ4v) is 1.47. The van der Waals surface area contributed by atoms with Crippen LogP contribution in [-0.2, 0) is 0 Å². The van der Waals surface area contributed by atoms with Crippen LogP contribution in [0.5, 0.6) is 0 Å². The van der Waals surface area contributed by atoms with Crippen molar-refractivity contribution in [3.63, 3.8) is 0 Å². The Morgan fingerprint density at radius 1 is 1.42 bits per heavy atom. The van der Waals surface area contributed by atoms with Crippen LogP contribution >= 0.6 is 0 Å². The van der Waals surface area contributed by atoms with Gasteiger partial charge in [0.15, 0.2) is 0 Å². The average Bonchev–Trinajstić information content (AvgIpc) is 1.91. The average molecular weight is 165 g/mol. The minimum absolute atomic E-state index is 0.0542. The van der Waals surface area contributed by atoms with Gasteiger partial charge in [0.2, 0.25) is 0 Å². The monoisotopic (exact) mass is 165 g/mol. The first kappa shape index (κ1) is 7.74. The molecule has 1 aliphatic rings. The molecule has 0 aromatic heterocycles. The van der Waals surface area contributed by atoms with Gasteiger partial charge in [-0.3, -0.25) is 0 Å². The molecule has 1 N–H and O–H groups in total. The van der Waals surface area contributed by atoms with Crippen LogP contribution in [0.1, 0.15) is 17.0 Å². The molecule has 1 fully saturated rings. The van der Waals surface area contributed by atoms with E-state index in [9.17, 15) is 4.39 Å². The zero-order valence-corrected chi connectivity index (χ0v) is 7.10. The minimum atomic E-state index is -0.0542. The summed E-state index contributed by atoms with van der Waals surface area (Å²) in [6.45, 7) is 3.74. The Labute approximate surface area is 71.6 Å². The van der Waals surface area contributed by atoms with Crippen molar-refractivity contribution in [2.75, 3.05) is 13.1 Å². The molecule has 1 heterocycles. The van der Waals surface area contributed by atoms with Crippen LogP contribution in [0.3, 0.4) is 0 Å². The van der Waals surface area contributed by atoms with Crippen LogP contribution in [0.25, 0.3) is 0 Å². The van der Waals surface area contributed by atoms with Crippen LogP contribution in [-0.4, -0.2) is 13.1 Å². The molecule has 0 atom stereocenters. The molecule has 1 nitrogen and oxygen atoms in total. The normalized spacial score (nSPS) is 17.5. The molecule has 64 valence electrons. The summed E-state index contributed by atoms with van der Waals surface area (Å²) < 4.78 is 13.3. The lowest BCUT2D eigenvalue weighted by molar-refractivity contribution is 0.431. The number of hydrogen-bond acceptors (Lipinski definition) is 1. The van der Waals surface area contributed by atoms with E-state index in [1.807, 2.05) is 19.1 Å². The van der Waals surface area contributed by atoms with Crippen LogP contribution in [0.2, 0.25) is 0 Å². The van der Waals surface area contributed by atoms with Gasteiger partial charge in [-0.2, -0.15) is 0 Å². The van der Waals surface area contributed by atoms with E-state index in [-0.39, 0.29) is 5.82 Å². The summed E-state index contributed by atoms with van der Waals surface area (Å²) >= 11 is 0. The highest BCUT2D eigenvalue weighted by molar-refractivity contribution is 5.28. The molecule has 0 unspecified atom stereocenters. The highest BCUT2D eigenvalue weighted by atomic mass is 19.1. The van der Waals surface area contributed by atoms with Gasteiger partial charge in [0.25, 0.3) is 0 Å². The second-order valence-corrected chi connectivity index (χ2v) is 3.38. The van der Waals surface area contributed by atoms with Gasteiger partial charge >= 0.3 is 0 Å². The number of halogens is 1. The molecule has 2 heteroatoms. The summed E-state index contributed by atoms with van der Waals surface area (Å²) in [5.41, 5.74) is 1.85. The number of aryl methyl sites for hydroxylation is 1. The standard InChI is InChI=1S/C10H12FN/c1-7-2-3-9(10(11)4-7)8-5-12-6-8/h2-4,8,12H,5-6H2,1H3. The van der Waals surface area contributed by atoms with Gasteiger partial charge in [-0.05, 0) is 24.1 Å². The number of benzene rings is 1. The number of rotatable bonds is 1. The first-order valence-corrected chi connectivity index (χ1v) is 4.24. The SMILES string of the molecule is Cc1ccc(C2CNC2)c(F)c1. The lowest BCUT2D eigenvalue weighted by atomic mass is 9.93. The van der Waals surface area contributed by atoms with E-state index < -0.39 is 0 Å². The molecule has 12 heavy (non-hydrogen) atoms. The highest BCUT2D eigenvalue weighted by Gasteiger charge is 2.21. The Bertz CT molecular complexity index is 292. The van der Waals surface area contributed by atoms with Crippen LogP contribution in [0.15, 0.2) is 18.2 Å². The summed E-state index contributed by atoms with van der Waals surface area (Å²) in [5, 5.41) is 3.13. The molecule has 1 aliphatic heterocycles. The van der Waals surface area contributed by atoms with Gasteiger partial charge < -0.3 is 5.32 Å². The van der Waals surface area contributed by atoms with Crippen molar-refractivity contribution in [3.05, 3.63) is 35.1 Å². The summed E-state index contributed by atoms with van der Waals surface area (Å²) in [6.07, 6.45) is 0. The first-order valence-electron chi connectivity index (χ1n) is 4.24. The van der Waals surface area contributed by atoms with Crippen LogP contribution in [0.4, 0.5) is 4.39 Å². The van der Waals surface area contributed by atoms with Crippen molar-refractivity contribution in [2.24, 2.45) is 0 Å². The molecule has 0 spiro atoms. The first-order chi connectivity index (χ1) is 5.77. The Morgan fingerprint density at radius 2 is 2.17 bits per heavy atom. The van der Waals surface area contributed by atoms with Crippen molar-refractivity contribution in [1.29, 1.82) is 0 Å². The maximum absolute atomic E-state index is 13.3. The van der Waals surface area contributed by atoms with Crippen LogP contribution in [0, 0.1) is 12.7 Å². The van der Waals surface area contributed by atoms with Gasteiger partial charge in [0.1, 0.15) is 5.82 Å². The Hall–Kier alpha value is -0.890. The van der Waals surface area contributed by atoms with Gasteiger partial charge in [0.05, 0.1) is 0 Å². The lowest BCUT2D eigenvalue weighted by Crippen LogP contribution is -2.40. The van der Waals surface area contributed by atoms with Crippen molar-refractivity contribution >= 4 is 0 Å². The topological polar surface area (TPSA) is 12.0 Å². The van der Waals surface area contributed by atoms with E-state index in [2.05, 4.69) is 5.32 Å². The van der Waals surface area contributed by atoms with E-state index in [4.69, 9.17) is 0 Å². The molecule has 1 saturated heterocycles. The maximum Gasteiger partial charge on any atom is 0.127 e. The summed E-state index contributed by atoms with van der Waals surface area (Å²) in [5.74, 6) is 0.340. The van der Waals surface area contributed by atoms with Crippen LogP contribution < -0.4 is 5.32 Å². The lowest BCUT2D eigenvalue weighted by Gasteiger charge is -2.27. The number of nitrogens with one attached hydrogen (secondary N) is 1. The second-order valence-electron chi connectivity index (χ2n) is 3.38. The Balaban J connectivity index is 2.31. The van der Waals surface area contributed by atoms with Crippen molar-refractivity contribution in [2.45, 2.75) is 12.8 Å². The second kappa shape index (κ2) is 2.87. The van der Waals surface area contributed by atoms with Gasteiger partial charge in [0, 0.05) is 19.0 Å². The van der Waals surface area contributed by atoms with E-state index in [1.54, 1.807) is 6.07 Å². The molecule has 0 amide bonds. The maximum atomic E-state index is 13.3. The molecule has 0 radical (unpaired) electrons. The summed E-state index contributed by atoms with van der Waals surface area (Å²) in [6, 6.07) is 5.47. The third kappa shape index (κ3) is 1.23.